The Bertz CT molecular complexity index is 1390. The predicted octanol–water partition coefficient (Wildman–Crippen LogP) is 3.04. The van der Waals surface area contributed by atoms with Crippen molar-refractivity contribution in [1.82, 2.24) is 9.80 Å². The highest BCUT2D eigenvalue weighted by atomic mass is 35.5. The largest absolute Gasteiger partial charge is 0.502 e. The lowest BCUT2D eigenvalue weighted by Gasteiger charge is -2.50. The van der Waals surface area contributed by atoms with E-state index in [1.807, 2.05) is 6.08 Å². The van der Waals surface area contributed by atoms with Crippen LogP contribution in [0.25, 0.3) is 0 Å². The molecule has 6 atom stereocenters. The molecule has 3 fully saturated rings. The van der Waals surface area contributed by atoms with Gasteiger partial charge in [0, 0.05) is 25.9 Å². The van der Waals surface area contributed by atoms with Gasteiger partial charge in [0.1, 0.15) is 0 Å². The van der Waals surface area contributed by atoms with E-state index in [2.05, 4.69) is 0 Å². The number of methoxy groups -OCH3 is 2. The zero-order chi connectivity index (χ0) is 30.7. The first-order chi connectivity index (χ1) is 19.8. The number of likely N-dealkylation sites (tertiary alicyclic amines) is 2. The van der Waals surface area contributed by atoms with Crippen LogP contribution < -0.4 is 9.47 Å². The summed E-state index contributed by atoms with van der Waals surface area (Å²) in [6.07, 6.45) is 3.36. The van der Waals surface area contributed by atoms with Gasteiger partial charge in [-0.25, -0.2) is 0 Å². The van der Waals surface area contributed by atoms with E-state index in [-0.39, 0.29) is 54.9 Å². The van der Waals surface area contributed by atoms with Crippen LogP contribution in [0.15, 0.2) is 23.8 Å². The molecule has 0 unspecified atom stereocenters. The van der Waals surface area contributed by atoms with E-state index in [1.54, 1.807) is 0 Å². The Balaban J connectivity index is 1.58. The molecule has 42 heavy (non-hydrogen) atoms. The number of hydrogen-bond acceptors (Lipinski definition) is 8. The number of ether oxygens (including phenoxy) is 2. The van der Waals surface area contributed by atoms with Gasteiger partial charge in [-0.15, -0.1) is 23.2 Å². The lowest BCUT2D eigenvalue weighted by atomic mass is 9.56. The standard InChI is InChI=1S/C29H32Cl2N2O9/c1-32-26(39)28(30)13-17-15(8-9-16-21(17)25(38)33(24(16)37)10-6-4-5-7-20(34)35)22(29(28,31)27(32)40)14-11-18(41-2)23(36)19(12-14)42-3/h8,11-12,16-17,21-22,36H,4-7,9-10,13H2,1-3H3,(H,34,35)/t16-,17+,21-,22-,28+,29-/m0/s1. The average molecular weight is 623 g/mol. The summed E-state index contributed by atoms with van der Waals surface area (Å²) in [6.45, 7) is 0.160. The molecule has 1 saturated carbocycles. The summed E-state index contributed by atoms with van der Waals surface area (Å²) < 4.78 is 10.7. The van der Waals surface area contributed by atoms with E-state index in [4.69, 9.17) is 37.8 Å². The number of fused-ring (bicyclic) bond motifs is 4. The minimum absolute atomic E-state index is 0.00981. The SMILES string of the molecule is COc1cc([C@H]2C3=CC[C@@H]4C(=O)N(CCCCCC(=O)O)C(=O)[C@@H]4[C@@H]3C[C@@]3(Cl)C(=O)N(C)C(=O)[C@@]23Cl)cc(OC)c1O. The van der Waals surface area contributed by atoms with Gasteiger partial charge in [0.25, 0.3) is 11.8 Å². The maximum absolute atomic E-state index is 13.8. The normalized spacial score (nSPS) is 32.0. The number of hydrogen-bond donors (Lipinski definition) is 2. The van der Waals surface area contributed by atoms with Gasteiger partial charge in [-0.1, -0.05) is 18.1 Å². The van der Waals surface area contributed by atoms with Gasteiger partial charge in [-0.2, -0.15) is 0 Å². The molecule has 13 heteroatoms. The molecule has 0 radical (unpaired) electrons. The van der Waals surface area contributed by atoms with E-state index < -0.39 is 51.2 Å². The molecule has 2 aliphatic heterocycles. The number of imide groups is 2. The first-order valence-corrected chi connectivity index (χ1v) is 14.5. The molecule has 0 bridgehead atoms. The summed E-state index contributed by atoms with van der Waals surface area (Å²) in [6, 6.07) is 3.00. The van der Waals surface area contributed by atoms with E-state index in [1.165, 1.54) is 38.3 Å². The highest BCUT2D eigenvalue weighted by Crippen LogP contribution is 2.65. The third-order valence-corrected chi connectivity index (χ3v) is 10.6. The molecule has 226 valence electrons. The summed E-state index contributed by atoms with van der Waals surface area (Å²) in [5.41, 5.74) is 0.998. The van der Waals surface area contributed by atoms with Gasteiger partial charge in [-0.3, -0.25) is 33.8 Å². The number of benzene rings is 1. The summed E-state index contributed by atoms with van der Waals surface area (Å²) in [4.78, 5) is 63.6. The molecular formula is C29H32Cl2N2O9. The minimum atomic E-state index is -1.97. The summed E-state index contributed by atoms with van der Waals surface area (Å²) in [5.74, 6) is -6.34. The summed E-state index contributed by atoms with van der Waals surface area (Å²) >= 11 is 14.3. The van der Waals surface area contributed by atoms with Crippen molar-refractivity contribution >= 4 is 52.8 Å². The van der Waals surface area contributed by atoms with Crippen LogP contribution in [0.3, 0.4) is 0 Å². The maximum Gasteiger partial charge on any atom is 0.303 e. The molecule has 2 saturated heterocycles. The second-order valence-corrected chi connectivity index (χ2v) is 12.5. The number of alkyl halides is 2. The number of carboxylic acids is 1. The average Bonchev–Trinajstić information content (AvgIpc) is 3.27. The van der Waals surface area contributed by atoms with Crippen molar-refractivity contribution in [3.05, 3.63) is 29.3 Å². The Morgan fingerprint density at radius 2 is 1.64 bits per heavy atom. The van der Waals surface area contributed by atoms with Crippen LogP contribution in [0.4, 0.5) is 0 Å². The Morgan fingerprint density at radius 1 is 1.00 bits per heavy atom. The molecule has 2 aliphatic carbocycles. The number of aliphatic carboxylic acids is 1. The van der Waals surface area contributed by atoms with E-state index in [9.17, 15) is 29.1 Å². The number of nitrogens with zero attached hydrogens (tertiary/aromatic N) is 2. The van der Waals surface area contributed by atoms with Gasteiger partial charge in [0.05, 0.1) is 26.1 Å². The van der Waals surface area contributed by atoms with Crippen LogP contribution in [0, 0.1) is 17.8 Å². The molecule has 0 aromatic heterocycles. The van der Waals surface area contributed by atoms with Crippen molar-refractivity contribution in [1.29, 1.82) is 0 Å². The van der Waals surface area contributed by atoms with Crippen molar-refractivity contribution < 1.29 is 43.7 Å². The Hall–Kier alpha value is -3.31. The number of carbonyl (C=O) groups excluding carboxylic acids is 4. The number of phenols is 1. The molecule has 11 nitrogen and oxygen atoms in total. The molecular weight excluding hydrogens is 591 g/mol. The number of carboxylic acid groups (broad SMARTS) is 1. The molecule has 2 heterocycles. The van der Waals surface area contributed by atoms with E-state index in [0.717, 1.165) is 4.90 Å². The zero-order valence-corrected chi connectivity index (χ0v) is 24.9. The Kier molecular flexibility index (Phi) is 7.72. The fourth-order valence-electron chi connectivity index (χ4n) is 7.21. The first kappa shape index (κ1) is 30.2. The number of amides is 4. The van der Waals surface area contributed by atoms with Gasteiger partial charge in [0.2, 0.25) is 17.6 Å². The lowest BCUT2D eigenvalue weighted by Crippen LogP contribution is -2.60. The van der Waals surface area contributed by atoms with Crippen LogP contribution in [0.1, 0.15) is 50.0 Å². The highest BCUT2D eigenvalue weighted by molar-refractivity contribution is 6.53. The molecule has 4 aliphatic rings. The third-order valence-electron chi connectivity index (χ3n) is 9.21. The maximum atomic E-state index is 13.8. The lowest BCUT2D eigenvalue weighted by molar-refractivity contribution is -0.141. The van der Waals surface area contributed by atoms with Crippen LogP contribution >= 0.6 is 23.2 Å². The summed E-state index contributed by atoms with van der Waals surface area (Å²) in [7, 11) is 4.01. The predicted molar refractivity (Wildman–Crippen MR) is 150 cm³/mol. The van der Waals surface area contributed by atoms with E-state index >= 15 is 0 Å². The van der Waals surface area contributed by atoms with Gasteiger partial charge < -0.3 is 19.7 Å². The van der Waals surface area contributed by atoms with Crippen molar-refractivity contribution in [2.75, 3.05) is 27.8 Å². The molecule has 1 aromatic carbocycles. The van der Waals surface area contributed by atoms with Crippen molar-refractivity contribution in [3.8, 4) is 17.2 Å². The number of aromatic hydroxyl groups is 1. The fourth-order valence-corrected chi connectivity index (χ4v) is 8.23. The molecule has 2 N–H and O–H groups in total. The summed E-state index contributed by atoms with van der Waals surface area (Å²) in [5, 5.41) is 19.4. The molecule has 4 amide bonds. The van der Waals surface area contributed by atoms with Crippen LogP contribution in [-0.2, 0) is 24.0 Å². The molecule has 1 aromatic rings. The molecule has 5 rings (SSSR count). The number of carbonyl (C=O) groups is 5. The number of unbranched alkanes of at least 4 members (excludes halogenated alkanes) is 2. The topological polar surface area (TPSA) is 151 Å². The Labute approximate surface area is 252 Å². The zero-order valence-electron chi connectivity index (χ0n) is 23.4. The first-order valence-electron chi connectivity index (χ1n) is 13.8. The van der Waals surface area contributed by atoms with Gasteiger partial charge in [0.15, 0.2) is 21.2 Å². The van der Waals surface area contributed by atoms with Crippen LogP contribution in [-0.4, -0.2) is 87.2 Å². The van der Waals surface area contributed by atoms with Crippen molar-refractivity contribution in [2.24, 2.45) is 17.8 Å². The number of rotatable bonds is 9. The minimum Gasteiger partial charge on any atom is -0.502 e. The van der Waals surface area contributed by atoms with E-state index in [0.29, 0.717) is 30.4 Å². The number of halogens is 2. The quantitative estimate of drug-likeness (QED) is 0.183. The van der Waals surface area contributed by atoms with Gasteiger partial charge >= 0.3 is 5.97 Å². The van der Waals surface area contributed by atoms with Crippen molar-refractivity contribution in [3.63, 3.8) is 0 Å². The smallest absolute Gasteiger partial charge is 0.303 e. The fraction of sp³-hybridized carbons (Fsp3) is 0.552. The third kappa shape index (κ3) is 4.18. The highest BCUT2D eigenvalue weighted by Gasteiger charge is 2.75. The molecule has 0 spiro atoms. The second kappa shape index (κ2) is 10.8. The Morgan fingerprint density at radius 3 is 2.24 bits per heavy atom. The second-order valence-electron chi connectivity index (χ2n) is 11.3. The van der Waals surface area contributed by atoms with Gasteiger partial charge in [-0.05, 0) is 49.3 Å². The van der Waals surface area contributed by atoms with Crippen LogP contribution in [0.2, 0.25) is 0 Å². The monoisotopic (exact) mass is 622 g/mol. The van der Waals surface area contributed by atoms with Crippen LogP contribution in [0.5, 0.6) is 17.2 Å². The number of phenolic OH excluding ortho intramolecular Hbond substituents is 1. The van der Waals surface area contributed by atoms with Crippen molar-refractivity contribution in [2.45, 2.75) is 54.2 Å². The number of allylic oxidation sites excluding steroid dienone is 2.